The molecule has 0 radical (unpaired) electrons. The summed E-state index contributed by atoms with van der Waals surface area (Å²) < 4.78 is 12.7. The Morgan fingerprint density at radius 2 is 1.97 bits per heavy atom. The molecular weight excluding hydrogens is 380 g/mol. The Hall–Kier alpha value is -3.54. The van der Waals surface area contributed by atoms with Crippen molar-refractivity contribution in [3.05, 3.63) is 83.2 Å². The van der Waals surface area contributed by atoms with Gasteiger partial charge in [-0.15, -0.1) is 0 Å². The average Bonchev–Trinajstić information content (AvgIpc) is 3.47. The number of H-pyrrole nitrogens is 1. The minimum Gasteiger partial charge on any atom is -0.467 e. The summed E-state index contributed by atoms with van der Waals surface area (Å²) in [6, 6.07) is 13.5. The van der Waals surface area contributed by atoms with E-state index in [1.54, 1.807) is 6.26 Å². The number of hydrogen-bond acceptors (Lipinski definition) is 4. The summed E-state index contributed by atoms with van der Waals surface area (Å²) >= 11 is 0. The number of furan rings is 1. The van der Waals surface area contributed by atoms with Crippen molar-refractivity contribution in [2.75, 3.05) is 6.61 Å². The number of ether oxygens (including phenoxy) is 1. The maximum absolute atomic E-state index is 12.6. The molecule has 0 saturated carbocycles. The van der Waals surface area contributed by atoms with Crippen LogP contribution in [0.2, 0.25) is 0 Å². The Bertz CT molecular complexity index is 1180. The summed E-state index contributed by atoms with van der Waals surface area (Å²) in [6.07, 6.45) is 4.34. The van der Waals surface area contributed by atoms with Crippen LogP contribution < -0.4 is 0 Å². The first-order valence-electron chi connectivity index (χ1n) is 9.96. The van der Waals surface area contributed by atoms with Gasteiger partial charge in [0, 0.05) is 40.5 Å². The van der Waals surface area contributed by atoms with E-state index in [2.05, 4.69) is 4.98 Å². The molecule has 0 spiro atoms. The third-order valence-corrected chi connectivity index (χ3v) is 5.41. The molecule has 4 aromatic rings. The highest BCUT2D eigenvalue weighted by molar-refractivity contribution is 5.99. The van der Waals surface area contributed by atoms with E-state index in [0.29, 0.717) is 18.5 Å². The number of aromatic amines is 1. The van der Waals surface area contributed by atoms with Gasteiger partial charge in [0.2, 0.25) is 5.78 Å². The molecule has 4 rings (SSSR count). The number of nitrogens with one attached hydrogen (secondary N) is 1. The van der Waals surface area contributed by atoms with E-state index in [4.69, 9.17) is 9.15 Å². The normalized spacial score (nSPS) is 11.1. The number of rotatable bonds is 8. The lowest BCUT2D eigenvalue weighted by Crippen LogP contribution is -2.15. The van der Waals surface area contributed by atoms with Gasteiger partial charge in [-0.25, -0.2) is 0 Å². The van der Waals surface area contributed by atoms with Crippen LogP contribution in [0.25, 0.3) is 10.9 Å². The number of ketones is 1. The molecule has 1 N–H and O–H groups in total. The number of Topliss-reactive ketones (excluding diaryl/α,β-unsaturated/α-hetero) is 1. The molecule has 1 aromatic carbocycles. The molecule has 3 aromatic heterocycles. The number of aryl methyl sites for hydroxylation is 2. The number of hydrogen-bond donors (Lipinski definition) is 1. The van der Waals surface area contributed by atoms with Gasteiger partial charge in [-0.1, -0.05) is 18.2 Å². The highest BCUT2D eigenvalue weighted by Gasteiger charge is 2.18. The number of aromatic nitrogens is 2. The van der Waals surface area contributed by atoms with Gasteiger partial charge in [-0.05, 0) is 50.1 Å². The predicted octanol–water partition coefficient (Wildman–Crippen LogP) is 4.59. The third-order valence-electron chi connectivity index (χ3n) is 5.41. The maximum Gasteiger partial charge on any atom is 0.306 e. The molecule has 3 heterocycles. The van der Waals surface area contributed by atoms with Crippen LogP contribution in [0.15, 0.2) is 59.3 Å². The van der Waals surface area contributed by atoms with Gasteiger partial charge in [0.05, 0.1) is 12.8 Å². The van der Waals surface area contributed by atoms with Gasteiger partial charge in [0.25, 0.3) is 0 Å². The number of benzene rings is 1. The molecule has 0 amide bonds. The van der Waals surface area contributed by atoms with Crippen LogP contribution in [0.5, 0.6) is 0 Å². The van der Waals surface area contributed by atoms with E-state index in [0.717, 1.165) is 33.6 Å². The molecule has 0 aliphatic heterocycles. The van der Waals surface area contributed by atoms with E-state index in [9.17, 15) is 9.59 Å². The van der Waals surface area contributed by atoms with Crippen LogP contribution in [0, 0.1) is 13.8 Å². The lowest BCUT2D eigenvalue weighted by Gasteiger charge is -2.08. The van der Waals surface area contributed by atoms with Crippen LogP contribution in [-0.4, -0.2) is 27.9 Å². The summed E-state index contributed by atoms with van der Waals surface area (Å²) in [4.78, 5) is 28.0. The molecule has 0 aliphatic rings. The zero-order chi connectivity index (χ0) is 21.1. The summed E-state index contributed by atoms with van der Waals surface area (Å²) in [5.74, 6) is 0.242. The van der Waals surface area contributed by atoms with Gasteiger partial charge in [-0.3, -0.25) is 9.59 Å². The SMILES string of the molecule is Cc1cc(C(=O)COC(=O)CCc2c[nH]c3ccccc23)c(C)n1Cc1ccco1. The molecule has 0 bridgehead atoms. The molecule has 30 heavy (non-hydrogen) atoms. The lowest BCUT2D eigenvalue weighted by atomic mass is 10.1. The first-order valence-corrected chi connectivity index (χ1v) is 9.96. The minimum atomic E-state index is -0.377. The van der Waals surface area contributed by atoms with Crippen molar-refractivity contribution >= 4 is 22.7 Å². The van der Waals surface area contributed by atoms with E-state index in [1.165, 1.54) is 0 Å². The fourth-order valence-corrected chi connectivity index (χ4v) is 3.76. The van der Waals surface area contributed by atoms with E-state index in [1.807, 2.05) is 67.1 Å². The molecule has 0 atom stereocenters. The first kappa shape index (κ1) is 19.8. The van der Waals surface area contributed by atoms with Crippen molar-refractivity contribution in [1.82, 2.24) is 9.55 Å². The second-order valence-electron chi connectivity index (χ2n) is 7.39. The van der Waals surface area contributed by atoms with Crippen LogP contribution in [0.4, 0.5) is 0 Å². The quantitative estimate of drug-likeness (QED) is 0.344. The number of carbonyl (C=O) groups excluding carboxylic acids is 2. The zero-order valence-electron chi connectivity index (χ0n) is 17.1. The molecule has 0 aliphatic carbocycles. The lowest BCUT2D eigenvalue weighted by molar-refractivity contribution is -0.142. The van der Waals surface area contributed by atoms with Crippen LogP contribution in [-0.2, 0) is 22.5 Å². The van der Waals surface area contributed by atoms with Crippen LogP contribution in [0.3, 0.4) is 0 Å². The molecule has 0 fully saturated rings. The van der Waals surface area contributed by atoms with Crippen LogP contribution in [0.1, 0.15) is 39.5 Å². The van der Waals surface area contributed by atoms with Crippen molar-refractivity contribution in [3.63, 3.8) is 0 Å². The van der Waals surface area contributed by atoms with Crippen molar-refractivity contribution in [2.45, 2.75) is 33.2 Å². The van der Waals surface area contributed by atoms with Crippen molar-refractivity contribution in [3.8, 4) is 0 Å². The molecule has 0 unspecified atom stereocenters. The van der Waals surface area contributed by atoms with Crippen molar-refractivity contribution < 1.29 is 18.7 Å². The first-order chi connectivity index (χ1) is 14.5. The van der Waals surface area contributed by atoms with Crippen molar-refractivity contribution in [1.29, 1.82) is 0 Å². The Morgan fingerprint density at radius 1 is 1.13 bits per heavy atom. The van der Waals surface area contributed by atoms with Gasteiger partial charge in [0.15, 0.2) is 6.61 Å². The summed E-state index contributed by atoms with van der Waals surface area (Å²) in [6.45, 7) is 4.14. The third kappa shape index (κ3) is 4.08. The Kier molecular flexibility index (Phi) is 5.57. The average molecular weight is 404 g/mol. The number of para-hydroxylation sites is 1. The smallest absolute Gasteiger partial charge is 0.306 e. The van der Waals surface area contributed by atoms with Crippen molar-refractivity contribution in [2.24, 2.45) is 0 Å². The van der Waals surface area contributed by atoms with Gasteiger partial charge >= 0.3 is 5.97 Å². The number of nitrogens with zero attached hydrogens (tertiary/aromatic N) is 1. The van der Waals surface area contributed by atoms with Crippen LogP contribution >= 0.6 is 0 Å². The van der Waals surface area contributed by atoms with Gasteiger partial charge in [-0.2, -0.15) is 0 Å². The Balaban J connectivity index is 1.33. The Labute approximate surface area is 174 Å². The fourth-order valence-electron chi connectivity index (χ4n) is 3.76. The standard InChI is InChI=1S/C24H24N2O4/c1-16-12-21(17(2)26(16)14-19-6-5-11-29-19)23(27)15-30-24(28)10-9-18-13-25-22-8-4-3-7-20(18)22/h3-8,11-13,25H,9-10,14-15H2,1-2H3. The second-order valence-corrected chi connectivity index (χ2v) is 7.39. The van der Waals surface area contributed by atoms with Gasteiger partial charge in [0.1, 0.15) is 5.76 Å². The van der Waals surface area contributed by atoms with Gasteiger partial charge < -0.3 is 18.7 Å². The van der Waals surface area contributed by atoms with E-state index in [-0.39, 0.29) is 24.8 Å². The molecule has 154 valence electrons. The number of esters is 1. The minimum absolute atomic E-state index is 0.200. The summed E-state index contributed by atoms with van der Waals surface area (Å²) in [5.41, 5.74) is 4.47. The molecular formula is C24H24N2O4. The zero-order valence-corrected chi connectivity index (χ0v) is 17.1. The predicted molar refractivity (Wildman–Crippen MR) is 114 cm³/mol. The monoisotopic (exact) mass is 404 g/mol. The summed E-state index contributed by atoms with van der Waals surface area (Å²) in [5, 5.41) is 1.10. The highest BCUT2D eigenvalue weighted by Crippen LogP contribution is 2.20. The Morgan fingerprint density at radius 3 is 2.77 bits per heavy atom. The molecule has 0 saturated heterocycles. The second kappa shape index (κ2) is 8.45. The molecule has 6 nitrogen and oxygen atoms in total. The highest BCUT2D eigenvalue weighted by atomic mass is 16.5. The number of fused-ring (bicyclic) bond motifs is 1. The maximum atomic E-state index is 12.6. The molecule has 6 heteroatoms. The largest absolute Gasteiger partial charge is 0.467 e. The fraction of sp³-hybridized carbons (Fsp3) is 0.250. The van der Waals surface area contributed by atoms with E-state index >= 15 is 0 Å². The van der Waals surface area contributed by atoms with E-state index < -0.39 is 0 Å². The topological polar surface area (TPSA) is 77.2 Å². The number of carbonyl (C=O) groups is 2. The summed E-state index contributed by atoms with van der Waals surface area (Å²) in [7, 11) is 0.